The smallest absolute Gasteiger partial charge is 0.386 e. The number of Topliss-reactive ketones (excluding diaryl/α,β-unsaturated/α-hetero) is 6. The van der Waals surface area contributed by atoms with Gasteiger partial charge >= 0.3 is 7.82 Å². The number of phosphoric acid groups is 1. The van der Waals surface area contributed by atoms with E-state index in [-0.39, 0.29) is 146 Å². The van der Waals surface area contributed by atoms with Crippen LogP contribution < -0.4 is 13.6 Å². The molecule has 0 aromatic heterocycles. The summed E-state index contributed by atoms with van der Waals surface area (Å²) >= 11 is 0. The number of methoxy groups -OCH3 is 6. The van der Waals surface area contributed by atoms with Crippen molar-refractivity contribution in [2.75, 3.05) is 161 Å². The minimum Gasteiger partial charge on any atom is -0.386 e. The van der Waals surface area contributed by atoms with Crippen molar-refractivity contribution < 1.29 is 75.3 Å². The molecule has 6 unspecified atom stereocenters. The second-order valence-corrected chi connectivity index (χ2v) is 33.6. The summed E-state index contributed by atoms with van der Waals surface area (Å²) in [5, 5.41) is 0. The van der Waals surface area contributed by atoms with E-state index >= 15 is 18.9 Å². The highest BCUT2D eigenvalue weighted by molar-refractivity contribution is 7.49. The highest BCUT2D eigenvalue weighted by Crippen LogP contribution is 2.56. The fourth-order valence-electron chi connectivity index (χ4n) is 21.8. The van der Waals surface area contributed by atoms with Gasteiger partial charge in [0, 0.05) is 117 Å². The summed E-state index contributed by atoms with van der Waals surface area (Å²) in [7, 11) is 4.49. The summed E-state index contributed by atoms with van der Waals surface area (Å²) in [6.45, 7) is 9.40. The molecule has 6 atom stereocenters. The van der Waals surface area contributed by atoms with Crippen molar-refractivity contribution >= 4 is 42.5 Å². The molecule has 18 aliphatic rings. The number of benzene rings is 3. The lowest BCUT2D eigenvalue weighted by Crippen LogP contribution is -2.68. The first kappa shape index (κ1) is 71.4. The standard InChI is InChI=1S/C78H105N6O16P/c1-92-46-73(67(85)55-13-25-79(73)26-14-55)40-52-7-10-64(61(37-52)43-76(49-95-4)70(88)58-19-31-82(76)32-20-58)98-101(91,99-65-11-8-53(41-74(47-93-2)68(86)56-15-27-80(74)28-16-56)38-62(65)44-77(50-96-5)71(89)59-21-33-83(77)34-22-59)100-66-12-9-54(42-75(48-94-3)69(87)57-17-29-81(75)30-18-57)39-63(66)45-78(51-97-6)72(90)60-23-35-84(78)36-24-60/h7-12,37-39,55-60H,13-36,40-51H2,1-6H3. The Morgan fingerprint density at radius 3 is 0.644 bits per heavy atom. The van der Waals surface area contributed by atoms with Crippen molar-refractivity contribution in [3.05, 3.63) is 88.0 Å². The topological polar surface area (TPSA) is 222 Å². The van der Waals surface area contributed by atoms with E-state index in [4.69, 9.17) is 42.0 Å². The molecular weight excluding hydrogens is 1310 g/mol. The predicted octanol–water partition coefficient (Wildman–Crippen LogP) is 6.67. The van der Waals surface area contributed by atoms with E-state index in [0.717, 1.165) is 133 Å². The molecule has 101 heavy (non-hydrogen) atoms. The van der Waals surface area contributed by atoms with Gasteiger partial charge in [0.2, 0.25) is 0 Å². The maximum absolute atomic E-state index is 17.7. The molecule has 22 nitrogen and oxygen atoms in total. The quantitative estimate of drug-likeness (QED) is 0.0636. The Kier molecular flexibility index (Phi) is 20.0. The number of hydrogen-bond acceptors (Lipinski definition) is 22. The maximum atomic E-state index is 17.7. The number of piperidine rings is 18. The van der Waals surface area contributed by atoms with Crippen LogP contribution in [0.1, 0.15) is 110 Å². The Hall–Kier alpha value is -5.17. The van der Waals surface area contributed by atoms with Gasteiger partial charge in [-0.05, 0) is 207 Å². The molecule has 0 N–H and O–H groups in total. The summed E-state index contributed by atoms with van der Waals surface area (Å²) in [6, 6.07) is 16.9. The van der Waals surface area contributed by atoms with Crippen molar-refractivity contribution in [1.82, 2.24) is 29.4 Å². The molecule has 0 amide bonds. The number of ether oxygens (including phenoxy) is 6. The summed E-state index contributed by atoms with van der Waals surface area (Å²) in [5.74, 6) is 0.167. The molecule has 18 heterocycles. The molecule has 0 saturated carbocycles. The second kappa shape index (κ2) is 28.3. The van der Waals surface area contributed by atoms with Crippen molar-refractivity contribution in [2.45, 2.75) is 149 Å². The highest BCUT2D eigenvalue weighted by Gasteiger charge is 2.60. The summed E-state index contributed by atoms with van der Waals surface area (Å²) in [6.07, 6.45) is 10.3. The lowest BCUT2D eigenvalue weighted by Gasteiger charge is -2.53. The molecule has 0 radical (unpaired) electrons. The third-order valence-electron chi connectivity index (χ3n) is 26.8. The minimum atomic E-state index is -5.24. The SMILES string of the molecule is COCC1(Cc2ccc(OP(=O)(Oc3ccc(CC4(COC)C(=O)C5CCN4CC5)cc3CC3(COC)C(=O)C4CCN3CC4)Oc3ccc(CC4(COC)C(=O)C5CCN4CC5)cc3CC3(COC)C(=O)C4CCN3CC4)c(CC3(COC)C(=O)C4CCN3CC4)c2)C(=O)C2CCN1CC2. The van der Waals surface area contributed by atoms with Crippen molar-refractivity contribution in [1.29, 1.82) is 0 Å². The lowest BCUT2D eigenvalue weighted by atomic mass is 9.69. The van der Waals surface area contributed by atoms with E-state index in [1.165, 1.54) is 0 Å². The molecule has 18 aliphatic heterocycles. The zero-order chi connectivity index (χ0) is 70.3. The van der Waals surface area contributed by atoms with E-state index in [1.807, 2.05) is 36.4 Å². The van der Waals surface area contributed by atoms with Crippen LogP contribution in [0.2, 0.25) is 0 Å². The number of nitrogens with zero attached hydrogens (tertiary/aromatic N) is 6. The van der Waals surface area contributed by atoms with Gasteiger partial charge in [0.25, 0.3) is 0 Å². The summed E-state index contributed by atoms with van der Waals surface area (Å²) in [5.41, 5.74) is -2.31. The minimum absolute atomic E-state index is 0.0668. The second-order valence-electron chi connectivity index (χ2n) is 32.1. The van der Waals surface area contributed by atoms with Gasteiger partial charge in [-0.25, -0.2) is 0 Å². The van der Waals surface area contributed by atoms with Gasteiger partial charge < -0.3 is 42.0 Å². The van der Waals surface area contributed by atoms with Gasteiger partial charge in [-0.1, -0.05) is 36.4 Å². The van der Waals surface area contributed by atoms with Gasteiger partial charge in [-0.2, -0.15) is 4.57 Å². The molecule has 548 valence electrons. The molecule has 18 saturated heterocycles. The number of rotatable bonds is 30. The molecule has 18 fully saturated rings. The first-order chi connectivity index (χ1) is 48.8. The fraction of sp³-hybridized carbons (Fsp3) is 0.692. The zero-order valence-corrected chi connectivity index (χ0v) is 61.2. The van der Waals surface area contributed by atoms with Crippen LogP contribution in [-0.2, 0) is 100 Å². The van der Waals surface area contributed by atoms with Crippen molar-refractivity contribution in [2.24, 2.45) is 35.5 Å². The first-order valence-corrected chi connectivity index (χ1v) is 39.1. The van der Waals surface area contributed by atoms with Crippen LogP contribution in [-0.4, -0.2) is 258 Å². The van der Waals surface area contributed by atoms with E-state index < -0.39 is 41.1 Å². The van der Waals surface area contributed by atoms with Crippen molar-refractivity contribution in [3.8, 4) is 17.2 Å². The Morgan fingerprint density at radius 1 is 0.297 bits per heavy atom. The van der Waals surface area contributed by atoms with E-state index in [2.05, 4.69) is 29.4 Å². The van der Waals surface area contributed by atoms with Crippen LogP contribution >= 0.6 is 7.82 Å². The van der Waals surface area contributed by atoms with Gasteiger partial charge in [-0.15, -0.1) is 0 Å². The van der Waals surface area contributed by atoms with E-state index in [9.17, 15) is 14.4 Å². The van der Waals surface area contributed by atoms with Crippen LogP contribution in [0.3, 0.4) is 0 Å². The average molecular weight is 1410 g/mol. The molecule has 0 aliphatic carbocycles. The van der Waals surface area contributed by atoms with E-state index in [1.54, 1.807) is 60.9 Å². The Balaban J connectivity index is 0.904. The van der Waals surface area contributed by atoms with Crippen LogP contribution in [0.15, 0.2) is 54.6 Å². The Morgan fingerprint density at radius 2 is 0.475 bits per heavy atom. The van der Waals surface area contributed by atoms with Crippen LogP contribution in [0.4, 0.5) is 0 Å². The molecule has 0 spiro atoms. The van der Waals surface area contributed by atoms with Gasteiger partial charge in [-0.3, -0.25) is 58.2 Å². The van der Waals surface area contributed by atoms with Gasteiger partial charge in [0.1, 0.15) is 50.5 Å². The Bertz CT molecular complexity index is 3340. The maximum Gasteiger partial charge on any atom is 0.647 e. The highest BCUT2D eigenvalue weighted by atomic mass is 31.2. The Labute approximate surface area is 594 Å². The molecule has 21 rings (SSSR count). The van der Waals surface area contributed by atoms with Crippen LogP contribution in [0.5, 0.6) is 17.2 Å². The van der Waals surface area contributed by atoms with Crippen LogP contribution in [0.25, 0.3) is 0 Å². The zero-order valence-electron chi connectivity index (χ0n) is 60.3. The van der Waals surface area contributed by atoms with Gasteiger partial charge in [0.05, 0.1) is 39.6 Å². The molecule has 12 bridgehead atoms. The van der Waals surface area contributed by atoms with Gasteiger partial charge in [0.15, 0.2) is 34.7 Å². The number of ketones is 6. The third-order valence-corrected chi connectivity index (χ3v) is 28.1. The third kappa shape index (κ3) is 12.2. The lowest BCUT2D eigenvalue weighted by molar-refractivity contribution is -0.153. The van der Waals surface area contributed by atoms with Crippen LogP contribution in [0, 0.1) is 35.5 Å². The number of hydrogen-bond donors (Lipinski definition) is 0. The average Bonchev–Trinajstić information content (AvgIpc) is 0.759. The molecule has 3 aromatic rings. The summed E-state index contributed by atoms with van der Waals surface area (Å²) < 4.78 is 75.6. The summed E-state index contributed by atoms with van der Waals surface area (Å²) in [4.78, 5) is 103. The molecule has 23 heteroatoms. The fourth-order valence-corrected chi connectivity index (χ4v) is 23.2. The monoisotopic (exact) mass is 1410 g/mol. The number of phosphoric ester groups is 1. The van der Waals surface area contributed by atoms with Crippen molar-refractivity contribution in [3.63, 3.8) is 0 Å². The largest absolute Gasteiger partial charge is 0.647 e. The molecular formula is C78H105N6O16P. The predicted molar refractivity (Wildman–Crippen MR) is 375 cm³/mol. The number of fused-ring (bicyclic) bond motifs is 18. The molecule has 3 aromatic carbocycles. The number of carbonyl (C=O) groups excluding carboxylic acids is 6. The van der Waals surface area contributed by atoms with E-state index in [0.29, 0.717) is 75.2 Å². The first-order valence-electron chi connectivity index (χ1n) is 37.6. The normalized spacial score (nSPS) is 38.0. The number of carbonyl (C=O) groups is 6.